The summed E-state index contributed by atoms with van der Waals surface area (Å²) >= 11 is 0.752. The van der Waals surface area contributed by atoms with Crippen LogP contribution in [0.2, 0.25) is 0 Å². The van der Waals surface area contributed by atoms with E-state index >= 15 is 0 Å². The van der Waals surface area contributed by atoms with Gasteiger partial charge in [-0.25, -0.2) is 0 Å². The van der Waals surface area contributed by atoms with Gasteiger partial charge in [-0.3, -0.25) is 25.0 Å². The van der Waals surface area contributed by atoms with Crippen LogP contribution in [0, 0.1) is 30.9 Å². The molecule has 2 aromatic rings. The fourth-order valence-electron chi connectivity index (χ4n) is 4.58. The van der Waals surface area contributed by atoms with Crippen molar-refractivity contribution in [3.63, 3.8) is 0 Å². The summed E-state index contributed by atoms with van der Waals surface area (Å²) in [6, 6.07) is 4.44. The number of amides is 2. The zero-order chi connectivity index (χ0) is 28.5. The number of benzene rings is 2. The van der Waals surface area contributed by atoms with E-state index in [2.05, 4.69) is 12.2 Å². The molecule has 9 nitrogen and oxygen atoms in total. The van der Waals surface area contributed by atoms with E-state index in [4.69, 9.17) is 14.2 Å². The molecule has 1 saturated heterocycles. The SMILES string of the molecule is CC(C)=CCOc1c(C)c(C)c2c(c1C)CCC(C)(COc1ccc(C=C3SC(=O)NC3=O)cc1[N+](=O)[O-])O2. The van der Waals surface area contributed by atoms with E-state index in [1.54, 1.807) is 6.07 Å². The average Bonchev–Trinajstić information content (AvgIpc) is 3.19. The molecule has 1 N–H and O–H groups in total. The highest BCUT2D eigenvalue weighted by atomic mass is 32.2. The maximum Gasteiger partial charge on any atom is 0.311 e. The number of carbonyl (C=O) groups is 2. The number of nitrogens with one attached hydrogen (secondary N) is 1. The molecule has 4 rings (SSSR count). The van der Waals surface area contributed by atoms with Crippen molar-refractivity contribution < 1.29 is 28.7 Å². The smallest absolute Gasteiger partial charge is 0.311 e. The van der Waals surface area contributed by atoms with Gasteiger partial charge in [-0.1, -0.05) is 11.6 Å². The van der Waals surface area contributed by atoms with Gasteiger partial charge < -0.3 is 14.2 Å². The highest BCUT2D eigenvalue weighted by Gasteiger charge is 2.36. The molecule has 2 aliphatic rings. The fraction of sp³-hybridized carbons (Fsp3) is 0.379. The van der Waals surface area contributed by atoms with E-state index in [1.807, 2.05) is 40.7 Å². The van der Waals surface area contributed by atoms with Gasteiger partial charge in [0.1, 0.15) is 30.3 Å². The van der Waals surface area contributed by atoms with Crippen molar-refractivity contribution in [2.24, 2.45) is 0 Å². The second kappa shape index (κ2) is 11.1. The van der Waals surface area contributed by atoms with E-state index in [9.17, 15) is 19.7 Å². The number of ether oxygens (including phenoxy) is 3. The lowest BCUT2D eigenvalue weighted by Gasteiger charge is -2.37. The molecule has 2 aromatic carbocycles. The van der Waals surface area contributed by atoms with Crippen LogP contribution >= 0.6 is 11.8 Å². The Labute approximate surface area is 231 Å². The van der Waals surface area contributed by atoms with E-state index in [0.717, 1.165) is 51.9 Å². The molecule has 0 saturated carbocycles. The molecule has 1 unspecified atom stereocenters. The molecule has 0 bridgehead atoms. The van der Waals surface area contributed by atoms with Crippen molar-refractivity contribution in [2.75, 3.05) is 13.2 Å². The van der Waals surface area contributed by atoms with Crippen LogP contribution in [0.15, 0.2) is 34.8 Å². The molecule has 0 radical (unpaired) electrons. The highest BCUT2D eigenvalue weighted by molar-refractivity contribution is 8.18. The number of imide groups is 1. The Morgan fingerprint density at radius 2 is 1.92 bits per heavy atom. The molecule has 2 heterocycles. The van der Waals surface area contributed by atoms with E-state index < -0.39 is 21.7 Å². The third-order valence-corrected chi connectivity index (χ3v) is 7.75. The van der Waals surface area contributed by atoms with Crippen molar-refractivity contribution in [1.29, 1.82) is 0 Å². The number of fused-ring (bicyclic) bond motifs is 1. The Morgan fingerprint density at radius 1 is 1.18 bits per heavy atom. The quantitative estimate of drug-likeness (QED) is 0.174. The Kier molecular flexibility index (Phi) is 8.06. The molecular formula is C29H32N2O7S. The number of hydrogen-bond acceptors (Lipinski definition) is 8. The lowest BCUT2D eigenvalue weighted by atomic mass is 9.87. The number of carbonyl (C=O) groups excluding carboxylic acids is 2. The van der Waals surface area contributed by atoms with Crippen molar-refractivity contribution in [2.45, 2.75) is 60.0 Å². The Hall–Kier alpha value is -3.79. The van der Waals surface area contributed by atoms with Crippen LogP contribution in [0.1, 0.15) is 55.0 Å². The Morgan fingerprint density at radius 3 is 2.56 bits per heavy atom. The lowest BCUT2D eigenvalue weighted by molar-refractivity contribution is -0.386. The maximum absolute atomic E-state index is 11.8. The summed E-state index contributed by atoms with van der Waals surface area (Å²) in [6.07, 6.45) is 4.91. The number of thioether (sulfide) groups is 1. The fourth-order valence-corrected chi connectivity index (χ4v) is 5.27. The molecule has 10 heteroatoms. The molecule has 0 aromatic heterocycles. The van der Waals surface area contributed by atoms with Gasteiger partial charge in [0.15, 0.2) is 5.75 Å². The minimum atomic E-state index is -0.700. The summed E-state index contributed by atoms with van der Waals surface area (Å²) in [7, 11) is 0. The molecule has 0 spiro atoms. The molecule has 1 fully saturated rings. The first-order valence-corrected chi connectivity index (χ1v) is 13.4. The van der Waals surface area contributed by atoms with Crippen molar-refractivity contribution in [1.82, 2.24) is 5.32 Å². The van der Waals surface area contributed by atoms with Gasteiger partial charge in [0.25, 0.3) is 11.1 Å². The number of nitro benzene ring substituents is 1. The molecular weight excluding hydrogens is 520 g/mol. The van der Waals surface area contributed by atoms with E-state index in [-0.39, 0.29) is 22.9 Å². The second-order valence-corrected chi connectivity index (χ2v) is 11.3. The molecule has 2 amide bonds. The monoisotopic (exact) mass is 552 g/mol. The molecule has 0 aliphatic carbocycles. The summed E-state index contributed by atoms with van der Waals surface area (Å²) in [5.41, 5.74) is 4.88. The first-order valence-electron chi connectivity index (χ1n) is 12.6. The molecule has 206 valence electrons. The normalized spacial score (nSPS) is 19.3. The van der Waals surface area contributed by atoms with Crippen LogP contribution in [0.3, 0.4) is 0 Å². The first kappa shape index (κ1) is 28.2. The highest BCUT2D eigenvalue weighted by Crippen LogP contribution is 2.44. The van der Waals surface area contributed by atoms with Gasteiger partial charge in [-0.2, -0.15) is 0 Å². The van der Waals surface area contributed by atoms with Crippen LogP contribution in [0.5, 0.6) is 17.2 Å². The zero-order valence-electron chi connectivity index (χ0n) is 22.9. The van der Waals surface area contributed by atoms with Crippen LogP contribution in [0.4, 0.5) is 10.5 Å². The minimum Gasteiger partial charge on any atom is -0.489 e. The summed E-state index contributed by atoms with van der Waals surface area (Å²) in [5, 5.41) is 13.5. The Balaban J connectivity index is 1.53. The van der Waals surface area contributed by atoms with E-state index in [0.29, 0.717) is 18.6 Å². The van der Waals surface area contributed by atoms with Crippen LogP contribution in [0.25, 0.3) is 6.08 Å². The number of nitrogens with zero attached hydrogens (tertiary/aromatic N) is 1. The maximum atomic E-state index is 11.8. The Bertz CT molecular complexity index is 1430. The van der Waals surface area contributed by atoms with Crippen molar-refractivity contribution in [3.8, 4) is 17.2 Å². The topological polar surface area (TPSA) is 117 Å². The summed E-state index contributed by atoms with van der Waals surface area (Å²) in [4.78, 5) is 34.7. The largest absolute Gasteiger partial charge is 0.489 e. The second-order valence-electron chi connectivity index (χ2n) is 10.3. The minimum absolute atomic E-state index is 0.101. The number of nitro groups is 1. The van der Waals surface area contributed by atoms with Gasteiger partial charge >= 0.3 is 5.69 Å². The van der Waals surface area contributed by atoms with Crippen molar-refractivity contribution in [3.05, 3.63) is 72.7 Å². The van der Waals surface area contributed by atoms with Gasteiger partial charge in [0, 0.05) is 11.6 Å². The van der Waals surface area contributed by atoms with Crippen LogP contribution in [-0.2, 0) is 11.2 Å². The van der Waals surface area contributed by atoms with Gasteiger partial charge in [-0.05, 0) is 107 Å². The standard InChI is InChI=1S/C29H32N2O7S/c1-16(2)10-12-36-25-17(3)18(4)26-21(19(25)5)9-11-29(6,38-26)15-37-23-8-7-20(13-22(23)31(34)35)14-24-27(32)30-28(33)39-24/h7-8,10,13-14H,9,11-12,15H2,1-6H3,(H,30,32,33). The summed E-state index contributed by atoms with van der Waals surface area (Å²) in [5.74, 6) is 1.28. The van der Waals surface area contributed by atoms with Crippen LogP contribution < -0.4 is 19.5 Å². The predicted octanol–water partition coefficient (Wildman–Crippen LogP) is 6.35. The average molecular weight is 553 g/mol. The lowest BCUT2D eigenvalue weighted by Crippen LogP contribution is -2.42. The van der Waals surface area contributed by atoms with Gasteiger partial charge in [-0.15, -0.1) is 0 Å². The zero-order valence-corrected chi connectivity index (χ0v) is 23.7. The summed E-state index contributed by atoms with van der Waals surface area (Å²) < 4.78 is 18.6. The number of allylic oxidation sites excluding steroid dienone is 1. The first-order chi connectivity index (χ1) is 18.4. The molecule has 1 atom stereocenters. The third kappa shape index (κ3) is 6.11. The predicted molar refractivity (Wildman–Crippen MR) is 151 cm³/mol. The van der Waals surface area contributed by atoms with Crippen LogP contribution in [-0.4, -0.2) is 34.9 Å². The van der Waals surface area contributed by atoms with Crippen molar-refractivity contribution >= 4 is 34.7 Å². The van der Waals surface area contributed by atoms with Gasteiger partial charge in [0.05, 0.1) is 9.83 Å². The molecule has 39 heavy (non-hydrogen) atoms. The molecule has 2 aliphatic heterocycles. The number of hydrogen-bond donors (Lipinski definition) is 1. The third-order valence-electron chi connectivity index (χ3n) is 6.94. The summed E-state index contributed by atoms with van der Waals surface area (Å²) in [6.45, 7) is 12.7. The number of rotatable bonds is 8. The van der Waals surface area contributed by atoms with Gasteiger partial charge in [0.2, 0.25) is 0 Å². The van der Waals surface area contributed by atoms with E-state index in [1.165, 1.54) is 23.8 Å².